The highest BCUT2D eigenvalue weighted by molar-refractivity contribution is 5.87. The summed E-state index contributed by atoms with van der Waals surface area (Å²) >= 11 is 0. The molecular formula is C29H38N2O3. The highest BCUT2D eigenvalue weighted by atomic mass is 16.4. The van der Waals surface area contributed by atoms with E-state index < -0.39 is 5.97 Å². The number of hydrogen-bond acceptors (Lipinski definition) is 4. The molecule has 34 heavy (non-hydrogen) atoms. The van der Waals surface area contributed by atoms with Crippen molar-refractivity contribution in [3.8, 4) is 0 Å². The molecule has 1 aliphatic carbocycles. The molecule has 5 nitrogen and oxygen atoms in total. The van der Waals surface area contributed by atoms with Gasteiger partial charge in [0.1, 0.15) is 5.76 Å². The Morgan fingerprint density at radius 2 is 1.50 bits per heavy atom. The van der Waals surface area contributed by atoms with Crippen molar-refractivity contribution >= 4 is 17.4 Å². The Labute approximate surface area is 203 Å². The first kappa shape index (κ1) is 24.3. The fourth-order valence-corrected chi connectivity index (χ4v) is 5.35. The fraction of sp³-hybridized carbons (Fsp3) is 0.483. The summed E-state index contributed by atoms with van der Waals surface area (Å²) in [5, 5.41) is 19.8. The Bertz CT molecular complexity index is 1090. The van der Waals surface area contributed by atoms with Gasteiger partial charge in [-0.2, -0.15) is 0 Å². The monoisotopic (exact) mass is 462 g/mol. The lowest BCUT2D eigenvalue weighted by atomic mass is 9.62. The number of carbonyl (C=O) groups is 1. The number of piperazine rings is 1. The maximum atomic E-state index is 11.1. The summed E-state index contributed by atoms with van der Waals surface area (Å²) in [5.74, 6) is -0.790. The zero-order valence-electron chi connectivity index (χ0n) is 21.2. The van der Waals surface area contributed by atoms with E-state index in [4.69, 9.17) is 5.11 Å². The first-order valence-electron chi connectivity index (χ1n) is 12.3. The molecule has 1 aliphatic heterocycles. The number of rotatable bonds is 5. The van der Waals surface area contributed by atoms with Crippen LogP contribution >= 0.6 is 0 Å². The maximum Gasteiger partial charge on any atom is 0.335 e. The van der Waals surface area contributed by atoms with Crippen molar-refractivity contribution in [2.45, 2.75) is 57.8 Å². The number of carboxylic acid groups (broad SMARTS) is 1. The van der Waals surface area contributed by atoms with Gasteiger partial charge in [-0.3, -0.25) is 0 Å². The molecule has 4 rings (SSSR count). The minimum atomic E-state index is -0.967. The Kier molecular flexibility index (Phi) is 6.52. The average molecular weight is 463 g/mol. The van der Waals surface area contributed by atoms with E-state index in [0.29, 0.717) is 12.0 Å². The first-order chi connectivity index (χ1) is 16.0. The van der Waals surface area contributed by atoms with Gasteiger partial charge in [-0.05, 0) is 78.1 Å². The first-order valence-corrected chi connectivity index (χ1v) is 12.3. The number of hydrogen-bond donors (Lipinski definition) is 2. The summed E-state index contributed by atoms with van der Waals surface area (Å²) in [4.78, 5) is 16.0. The summed E-state index contributed by atoms with van der Waals surface area (Å²) in [6, 6.07) is 11.1. The molecule has 1 saturated heterocycles. The van der Waals surface area contributed by atoms with Gasteiger partial charge in [0.15, 0.2) is 0 Å². The van der Waals surface area contributed by atoms with Crippen LogP contribution in [0.5, 0.6) is 0 Å². The number of allylic oxidation sites excluding steroid dienone is 1. The predicted octanol–water partition coefficient (Wildman–Crippen LogP) is 5.63. The number of fused-ring (bicyclic) bond motifs is 1. The van der Waals surface area contributed by atoms with Gasteiger partial charge in [0.2, 0.25) is 0 Å². The van der Waals surface area contributed by atoms with Crippen LogP contribution in [0.3, 0.4) is 0 Å². The predicted molar refractivity (Wildman–Crippen MR) is 139 cm³/mol. The van der Waals surface area contributed by atoms with Crippen molar-refractivity contribution in [1.82, 2.24) is 4.90 Å². The van der Waals surface area contributed by atoms with Gasteiger partial charge in [0, 0.05) is 37.4 Å². The summed E-state index contributed by atoms with van der Waals surface area (Å²) < 4.78 is 0. The molecule has 182 valence electrons. The SMILES string of the molecule is CN1CCN(c2cc(C/C=C(/O)c3ccc(C(=O)O)cc3)cc3c2C(C)(C)CCC3(C)C)CC1. The van der Waals surface area contributed by atoms with Crippen LogP contribution in [0.4, 0.5) is 5.69 Å². The third-order valence-corrected chi connectivity index (χ3v) is 7.76. The Morgan fingerprint density at radius 3 is 2.12 bits per heavy atom. The minimum absolute atomic E-state index is 0.112. The van der Waals surface area contributed by atoms with E-state index in [9.17, 15) is 9.90 Å². The molecule has 0 aromatic heterocycles. The molecule has 0 atom stereocenters. The molecule has 0 spiro atoms. The van der Waals surface area contributed by atoms with Crippen LogP contribution in [0.25, 0.3) is 5.76 Å². The Hall–Kier alpha value is -2.79. The number of carboxylic acids is 1. The molecule has 1 fully saturated rings. The molecule has 2 N–H and O–H groups in total. The van der Waals surface area contributed by atoms with Crippen molar-refractivity contribution in [3.05, 3.63) is 70.3 Å². The highest BCUT2D eigenvalue weighted by Gasteiger charge is 2.40. The number of nitrogens with zero attached hydrogens (tertiary/aromatic N) is 2. The van der Waals surface area contributed by atoms with Crippen LogP contribution in [0, 0.1) is 0 Å². The third kappa shape index (κ3) is 4.85. The van der Waals surface area contributed by atoms with Gasteiger partial charge in [0.25, 0.3) is 0 Å². The standard InChI is InChI=1S/C29H38N2O3/c1-28(2)12-13-29(3,4)26-23(28)18-20(19-24(26)31-16-14-30(5)15-17-31)6-11-25(32)21-7-9-22(10-8-21)27(33)34/h7-11,18-19,32H,6,12-17H2,1-5H3,(H,33,34)/b25-11+. The van der Waals surface area contributed by atoms with Gasteiger partial charge in [-0.15, -0.1) is 0 Å². The quantitative estimate of drug-likeness (QED) is 0.564. The maximum absolute atomic E-state index is 11.1. The van der Waals surface area contributed by atoms with Crippen molar-refractivity contribution in [2.75, 3.05) is 38.1 Å². The number of likely N-dealkylation sites (N-methyl/N-ethyl adjacent to an activating group) is 1. The van der Waals surface area contributed by atoms with Crippen molar-refractivity contribution < 1.29 is 15.0 Å². The van der Waals surface area contributed by atoms with Gasteiger partial charge in [0.05, 0.1) is 5.56 Å². The van der Waals surface area contributed by atoms with Crippen LogP contribution in [0.15, 0.2) is 42.5 Å². The summed E-state index contributed by atoms with van der Waals surface area (Å²) in [6.45, 7) is 13.7. The number of aromatic carboxylic acids is 1. The van der Waals surface area contributed by atoms with Crippen molar-refractivity contribution in [1.29, 1.82) is 0 Å². The molecule has 2 aliphatic rings. The van der Waals surface area contributed by atoms with Crippen LogP contribution in [-0.2, 0) is 17.3 Å². The van der Waals surface area contributed by atoms with Crippen LogP contribution in [0.2, 0.25) is 0 Å². The van der Waals surface area contributed by atoms with Crippen LogP contribution < -0.4 is 4.90 Å². The molecule has 5 heteroatoms. The van der Waals surface area contributed by atoms with Gasteiger partial charge >= 0.3 is 5.97 Å². The van der Waals surface area contributed by atoms with E-state index in [0.717, 1.165) is 32.6 Å². The van der Waals surface area contributed by atoms with Gasteiger partial charge < -0.3 is 20.0 Å². The molecule has 1 heterocycles. The topological polar surface area (TPSA) is 64.0 Å². The van der Waals surface area contributed by atoms with E-state index in [2.05, 4.69) is 56.7 Å². The molecule has 0 saturated carbocycles. The Balaban J connectivity index is 1.71. The third-order valence-electron chi connectivity index (χ3n) is 7.76. The summed E-state index contributed by atoms with van der Waals surface area (Å²) in [5.41, 5.74) is 6.58. The van der Waals surface area contributed by atoms with Crippen molar-refractivity contribution in [2.24, 2.45) is 0 Å². The van der Waals surface area contributed by atoms with Crippen LogP contribution in [-0.4, -0.2) is 54.3 Å². The highest BCUT2D eigenvalue weighted by Crippen LogP contribution is 2.50. The zero-order valence-corrected chi connectivity index (χ0v) is 21.2. The van der Waals surface area contributed by atoms with Gasteiger partial charge in [-0.1, -0.05) is 45.9 Å². The zero-order chi connectivity index (χ0) is 24.7. The van der Waals surface area contributed by atoms with Crippen molar-refractivity contribution in [3.63, 3.8) is 0 Å². The molecule has 0 bridgehead atoms. The second-order valence-corrected chi connectivity index (χ2v) is 11.3. The molecule has 0 amide bonds. The van der Waals surface area contributed by atoms with Gasteiger partial charge in [-0.25, -0.2) is 4.79 Å². The second-order valence-electron chi connectivity index (χ2n) is 11.3. The number of benzene rings is 2. The molecule has 2 aromatic carbocycles. The molecular weight excluding hydrogens is 424 g/mol. The molecule has 2 aromatic rings. The lowest BCUT2D eigenvalue weighted by molar-refractivity contribution is 0.0697. The van der Waals surface area contributed by atoms with E-state index in [-0.39, 0.29) is 22.2 Å². The second kappa shape index (κ2) is 9.10. The molecule has 0 radical (unpaired) electrons. The summed E-state index contributed by atoms with van der Waals surface area (Å²) in [6.07, 6.45) is 4.80. The number of aliphatic hydroxyl groups is 1. The smallest absolute Gasteiger partial charge is 0.335 e. The number of anilines is 1. The summed E-state index contributed by atoms with van der Waals surface area (Å²) in [7, 11) is 2.19. The van der Waals surface area contributed by atoms with E-state index in [1.54, 1.807) is 12.1 Å². The van der Waals surface area contributed by atoms with E-state index >= 15 is 0 Å². The van der Waals surface area contributed by atoms with E-state index in [1.807, 2.05) is 6.08 Å². The fourth-order valence-electron chi connectivity index (χ4n) is 5.35. The lowest BCUT2D eigenvalue weighted by Gasteiger charge is -2.46. The minimum Gasteiger partial charge on any atom is -0.508 e. The normalized spacial score (nSPS) is 20.1. The average Bonchev–Trinajstić information content (AvgIpc) is 2.80. The van der Waals surface area contributed by atoms with E-state index in [1.165, 1.54) is 40.9 Å². The largest absolute Gasteiger partial charge is 0.508 e. The number of aliphatic hydroxyl groups excluding tert-OH is 1. The Morgan fingerprint density at radius 1 is 0.912 bits per heavy atom. The van der Waals surface area contributed by atoms with Crippen LogP contribution in [0.1, 0.15) is 73.1 Å². The lowest BCUT2D eigenvalue weighted by Crippen LogP contribution is -2.46. The molecule has 0 unspecified atom stereocenters.